The molecule has 3 nitrogen and oxygen atoms in total. The third-order valence-electron chi connectivity index (χ3n) is 9.65. The van der Waals surface area contributed by atoms with Crippen LogP contribution in [0.3, 0.4) is 0 Å². The molecule has 7 aromatic carbocycles. The summed E-state index contributed by atoms with van der Waals surface area (Å²) in [5.41, 5.74) is 0. The maximum Gasteiger partial charge on any atom is 0.126 e. The van der Waals surface area contributed by atoms with E-state index in [9.17, 15) is 0 Å². The van der Waals surface area contributed by atoms with Crippen LogP contribution >= 0.6 is 23.8 Å². The first kappa shape index (κ1) is 40.4. The largest absolute Gasteiger partial charge is 0.493 e. The average molecular weight is 805 g/mol. The maximum absolute atomic E-state index is 6.49. The van der Waals surface area contributed by atoms with E-state index in [0.717, 1.165) is 55.0 Å². The second-order valence-corrected chi connectivity index (χ2v) is 20.7. The van der Waals surface area contributed by atoms with E-state index in [2.05, 4.69) is 182 Å². The van der Waals surface area contributed by atoms with Crippen molar-refractivity contribution in [2.75, 3.05) is 38.3 Å². The normalized spacial score (nSPS) is 11.2. The van der Waals surface area contributed by atoms with Crippen LogP contribution in [0.15, 0.2) is 200 Å². The molecule has 0 saturated carbocycles. The number of ether oxygens (including phenoxy) is 3. The molecule has 0 N–H and O–H groups in total. The van der Waals surface area contributed by atoms with E-state index in [4.69, 9.17) is 14.2 Å². The fourth-order valence-corrected chi connectivity index (χ4v) is 13.9. The molecule has 0 heterocycles. The van der Waals surface area contributed by atoms with Crippen LogP contribution in [0, 0.1) is 0 Å². The molecule has 0 aliphatic carbocycles. The topological polar surface area (TPSA) is 27.7 Å². The summed E-state index contributed by atoms with van der Waals surface area (Å²) in [6.07, 6.45) is 6.01. The van der Waals surface area contributed by atoms with Gasteiger partial charge < -0.3 is 14.2 Å². The monoisotopic (exact) mass is 804 g/mol. The van der Waals surface area contributed by atoms with Crippen molar-refractivity contribution in [2.45, 2.75) is 19.3 Å². The van der Waals surface area contributed by atoms with Gasteiger partial charge in [0, 0.05) is 18.2 Å². The minimum absolute atomic E-state index is 0.469. The lowest BCUT2D eigenvalue weighted by Gasteiger charge is -2.20. The summed E-state index contributed by atoms with van der Waals surface area (Å²) in [6.45, 7) is 1.87. The van der Waals surface area contributed by atoms with Crippen LogP contribution in [-0.4, -0.2) is 38.3 Å². The minimum Gasteiger partial charge on any atom is -0.493 e. The van der Waals surface area contributed by atoms with Gasteiger partial charge in [-0.05, 0) is 93.3 Å². The molecule has 0 bridgehead atoms. The first-order valence-electron chi connectivity index (χ1n) is 20.0. The lowest BCUT2D eigenvalue weighted by molar-refractivity contribution is 0.287. The van der Waals surface area contributed by atoms with Crippen LogP contribution in [0.5, 0.6) is 17.2 Å². The SMILES string of the molecule is c1ccc(P(CCCOc2cc(OCCCP(c3ccccc3)c3ccccc3)cc(OCCCP(c3ccccc3)c3ccccc3)c2)c2ccccc2)cc1. The summed E-state index contributed by atoms with van der Waals surface area (Å²) in [5, 5.41) is 8.40. The highest BCUT2D eigenvalue weighted by atomic mass is 31.1. The molecule has 7 aromatic rings. The summed E-state index contributed by atoms with van der Waals surface area (Å²) in [5.74, 6) is 2.37. The first-order chi connectivity index (χ1) is 28.3. The molecule has 0 aliphatic heterocycles. The van der Waals surface area contributed by atoms with E-state index >= 15 is 0 Å². The smallest absolute Gasteiger partial charge is 0.126 e. The summed E-state index contributed by atoms with van der Waals surface area (Å²) >= 11 is 0. The zero-order valence-electron chi connectivity index (χ0n) is 32.5. The van der Waals surface area contributed by atoms with Crippen molar-refractivity contribution >= 4 is 55.6 Å². The standard InChI is InChI=1S/C51H51O3P3/c1-7-22-46(23-8-1)55(47-24-9-2-10-25-47)37-19-34-52-43-40-44(53-35-20-38-56(48-26-11-3-12-27-48)49-28-13-4-14-29-49)42-45(41-43)54-36-21-39-57(50-30-15-5-16-31-50)51-32-17-6-18-33-51/h1-18,22-33,40-42H,19-21,34-39H2. The van der Waals surface area contributed by atoms with Gasteiger partial charge in [-0.1, -0.05) is 182 Å². The fourth-order valence-electron chi connectivity index (χ4n) is 6.90. The Balaban J connectivity index is 1.01. The first-order valence-corrected chi connectivity index (χ1v) is 24.5. The quantitative estimate of drug-likeness (QED) is 0.0535. The average Bonchev–Trinajstić information content (AvgIpc) is 3.28. The molecule has 0 aromatic heterocycles. The predicted molar refractivity (Wildman–Crippen MR) is 249 cm³/mol. The second-order valence-electron chi connectivity index (χ2n) is 13.7. The van der Waals surface area contributed by atoms with Gasteiger partial charge in [-0.2, -0.15) is 0 Å². The molecule has 0 spiro atoms. The van der Waals surface area contributed by atoms with E-state index in [-0.39, 0.29) is 0 Å². The van der Waals surface area contributed by atoms with E-state index < -0.39 is 23.8 Å². The fraction of sp³-hybridized carbons (Fsp3) is 0.176. The Morgan fingerprint density at radius 2 is 0.456 bits per heavy atom. The third-order valence-corrected chi connectivity index (χ3v) is 17.5. The number of benzene rings is 7. The molecule has 6 heteroatoms. The van der Waals surface area contributed by atoms with Crippen molar-refractivity contribution < 1.29 is 14.2 Å². The van der Waals surface area contributed by atoms with Gasteiger partial charge in [-0.15, -0.1) is 0 Å². The summed E-state index contributed by atoms with van der Waals surface area (Å²) in [6, 6.07) is 71.5. The van der Waals surface area contributed by atoms with Crippen molar-refractivity contribution in [3.63, 3.8) is 0 Å². The van der Waals surface area contributed by atoms with E-state index in [1.165, 1.54) is 31.8 Å². The zero-order chi connectivity index (χ0) is 38.7. The van der Waals surface area contributed by atoms with Gasteiger partial charge in [0.05, 0.1) is 19.8 Å². The van der Waals surface area contributed by atoms with Crippen LogP contribution in [0.2, 0.25) is 0 Å². The molecular weight excluding hydrogens is 753 g/mol. The molecule has 7 rings (SSSR count). The lowest BCUT2D eigenvalue weighted by atomic mass is 10.3. The van der Waals surface area contributed by atoms with Crippen molar-refractivity contribution in [1.29, 1.82) is 0 Å². The van der Waals surface area contributed by atoms with Crippen molar-refractivity contribution in [2.24, 2.45) is 0 Å². The van der Waals surface area contributed by atoms with Gasteiger partial charge in [0.25, 0.3) is 0 Å². The predicted octanol–water partition coefficient (Wildman–Crippen LogP) is 10.4. The van der Waals surface area contributed by atoms with Crippen molar-refractivity contribution in [3.05, 3.63) is 200 Å². The van der Waals surface area contributed by atoms with Crippen molar-refractivity contribution in [1.82, 2.24) is 0 Å². The highest BCUT2D eigenvalue weighted by Gasteiger charge is 2.16. The molecule has 0 radical (unpaired) electrons. The maximum atomic E-state index is 6.49. The summed E-state index contributed by atoms with van der Waals surface area (Å²) in [4.78, 5) is 0. The van der Waals surface area contributed by atoms with E-state index in [1.54, 1.807) is 0 Å². The molecule has 0 fully saturated rings. The molecule has 0 atom stereocenters. The molecule has 0 unspecified atom stereocenters. The van der Waals surface area contributed by atoms with Crippen LogP contribution in [0.4, 0.5) is 0 Å². The highest BCUT2D eigenvalue weighted by Crippen LogP contribution is 2.37. The Morgan fingerprint density at radius 1 is 0.263 bits per heavy atom. The minimum atomic E-state index is -0.469. The molecule has 288 valence electrons. The molecule has 0 aliphatic rings. The Kier molecular flexibility index (Phi) is 15.8. The van der Waals surface area contributed by atoms with E-state index in [1.807, 2.05) is 18.2 Å². The van der Waals surface area contributed by atoms with Gasteiger partial charge in [0.15, 0.2) is 0 Å². The number of hydrogen-bond donors (Lipinski definition) is 0. The molecule has 0 amide bonds. The Labute approximate surface area is 343 Å². The van der Waals surface area contributed by atoms with Gasteiger partial charge in [-0.3, -0.25) is 0 Å². The van der Waals surface area contributed by atoms with Gasteiger partial charge in [0.1, 0.15) is 17.2 Å². The number of rotatable bonds is 21. The van der Waals surface area contributed by atoms with Gasteiger partial charge in [-0.25, -0.2) is 0 Å². The Bertz CT molecular complexity index is 1780. The molecule has 57 heavy (non-hydrogen) atoms. The molecule has 0 saturated heterocycles. The second kappa shape index (κ2) is 22.2. The Morgan fingerprint density at radius 3 is 0.649 bits per heavy atom. The van der Waals surface area contributed by atoms with Crippen LogP contribution in [-0.2, 0) is 0 Å². The summed E-state index contributed by atoms with van der Waals surface area (Å²) < 4.78 is 19.5. The summed E-state index contributed by atoms with van der Waals surface area (Å²) in [7, 11) is -1.41. The van der Waals surface area contributed by atoms with Crippen LogP contribution in [0.1, 0.15) is 19.3 Å². The lowest BCUT2D eigenvalue weighted by Crippen LogP contribution is -2.15. The highest BCUT2D eigenvalue weighted by molar-refractivity contribution is 7.73. The van der Waals surface area contributed by atoms with Gasteiger partial charge in [0.2, 0.25) is 0 Å². The number of hydrogen-bond acceptors (Lipinski definition) is 3. The Hall–Kier alpha value is -4.77. The zero-order valence-corrected chi connectivity index (χ0v) is 35.2. The van der Waals surface area contributed by atoms with Crippen molar-refractivity contribution in [3.8, 4) is 17.2 Å². The van der Waals surface area contributed by atoms with Crippen LogP contribution < -0.4 is 46.0 Å². The molecular formula is C51H51O3P3. The van der Waals surface area contributed by atoms with Gasteiger partial charge >= 0.3 is 0 Å². The van der Waals surface area contributed by atoms with Crippen LogP contribution in [0.25, 0.3) is 0 Å². The van der Waals surface area contributed by atoms with E-state index in [0.29, 0.717) is 19.8 Å². The third kappa shape index (κ3) is 12.4.